The molecule has 3 rings (SSSR count). The van der Waals surface area contributed by atoms with Gasteiger partial charge in [-0.3, -0.25) is 4.79 Å². The molecule has 0 saturated heterocycles. The second-order valence-electron chi connectivity index (χ2n) is 6.51. The average Bonchev–Trinajstić information content (AvgIpc) is 3.05. The number of hydrogen-bond acceptors (Lipinski definition) is 4. The molecule has 2 aromatic carbocycles. The van der Waals surface area contributed by atoms with E-state index in [0.717, 1.165) is 15.9 Å². The van der Waals surface area contributed by atoms with Crippen LogP contribution in [0.4, 0.5) is 5.69 Å². The van der Waals surface area contributed by atoms with Gasteiger partial charge in [0.25, 0.3) is 5.91 Å². The van der Waals surface area contributed by atoms with E-state index in [1.54, 1.807) is 36.2 Å². The molecule has 0 aliphatic rings. The maximum absolute atomic E-state index is 12.9. The van der Waals surface area contributed by atoms with Crippen molar-refractivity contribution in [3.8, 4) is 17.2 Å². The van der Waals surface area contributed by atoms with Crippen molar-refractivity contribution in [2.75, 3.05) is 12.4 Å². The Hall–Kier alpha value is -2.80. The lowest BCUT2D eigenvalue weighted by atomic mass is 10.2. The van der Waals surface area contributed by atoms with Crippen LogP contribution in [0.25, 0.3) is 5.69 Å². The summed E-state index contributed by atoms with van der Waals surface area (Å²) in [6, 6.07) is 13.1. The number of methoxy groups -OCH3 is 1. The molecule has 0 unspecified atom stereocenters. The van der Waals surface area contributed by atoms with Gasteiger partial charge < -0.3 is 14.8 Å². The number of hydrogen-bond donors (Lipinski definition) is 1. The van der Waals surface area contributed by atoms with Crippen molar-refractivity contribution in [3.05, 3.63) is 64.4 Å². The number of anilines is 1. The number of benzene rings is 2. The summed E-state index contributed by atoms with van der Waals surface area (Å²) in [5.41, 5.74) is 2.66. The highest BCUT2D eigenvalue weighted by atomic mass is 79.9. The van der Waals surface area contributed by atoms with Crippen LogP contribution >= 0.6 is 15.9 Å². The quantitative estimate of drug-likeness (QED) is 0.582. The summed E-state index contributed by atoms with van der Waals surface area (Å²) in [6.45, 7) is 5.73. The molecule has 7 heteroatoms. The topological polar surface area (TPSA) is 65.4 Å². The van der Waals surface area contributed by atoms with E-state index in [1.807, 2.05) is 45.0 Å². The van der Waals surface area contributed by atoms with E-state index in [0.29, 0.717) is 22.7 Å². The highest BCUT2D eigenvalue weighted by Crippen LogP contribution is 2.30. The number of rotatable bonds is 6. The summed E-state index contributed by atoms with van der Waals surface area (Å²) < 4.78 is 13.8. The number of aromatic nitrogens is 2. The van der Waals surface area contributed by atoms with Gasteiger partial charge in [-0.25, -0.2) is 4.68 Å². The first-order chi connectivity index (χ1) is 13.4. The lowest BCUT2D eigenvalue weighted by Gasteiger charge is -2.16. The van der Waals surface area contributed by atoms with E-state index in [1.165, 1.54) is 0 Å². The Morgan fingerprint density at radius 1 is 1.18 bits per heavy atom. The fraction of sp³-hybridized carbons (Fsp3) is 0.238. The highest BCUT2D eigenvalue weighted by molar-refractivity contribution is 9.10. The molecule has 0 saturated carbocycles. The van der Waals surface area contributed by atoms with Gasteiger partial charge in [-0.1, -0.05) is 15.9 Å². The summed E-state index contributed by atoms with van der Waals surface area (Å²) in [5.74, 6) is 0.957. The van der Waals surface area contributed by atoms with Gasteiger partial charge in [0.05, 0.1) is 42.0 Å². The van der Waals surface area contributed by atoms with Gasteiger partial charge in [-0.2, -0.15) is 5.10 Å². The molecule has 1 amide bonds. The largest absolute Gasteiger partial charge is 0.497 e. The van der Waals surface area contributed by atoms with Crippen LogP contribution in [0, 0.1) is 6.92 Å². The zero-order valence-corrected chi connectivity index (χ0v) is 17.8. The maximum atomic E-state index is 12.9. The van der Waals surface area contributed by atoms with E-state index in [4.69, 9.17) is 9.47 Å². The number of amides is 1. The second-order valence-corrected chi connectivity index (χ2v) is 7.43. The Kier molecular flexibility index (Phi) is 6.04. The molecule has 28 heavy (non-hydrogen) atoms. The molecule has 0 spiro atoms. The molecule has 1 aromatic heterocycles. The third kappa shape index (κ3) is 4.36. The molecule has 1 N–H and O–H groups in total. The fourth-order valence-electron chi connectivity index (χ4n) is 2.76. The number of nitrogens with one attached hydrogen (secondary N) is 1. The van der Waals surface area contributed by atoms with Gasteiger partial charge in [0, 0.05) is 10.5 Å². The molecular formula is C21H22BrN3O3. The minimum absolute atomic E-state index is 0.0223. The van der Waals surface area contributed by atoms with Crippen LogP contribution in [0.1, 0.15) is 29.9 Å². The molecule has 0 fully saturated rings. The molecular weight excluding hydrogens is 422 g/mol. The fourth-order valence-corrected chi connectivity index (χ4v) is 3.02. The Bertz CT molecular complexity index is 981. The van der Waals surface area contributed by atoms with Crippen LogP contribution in [0.3, 0.4) is 0 Å². The van der Waals surface area contributed by atoms with Crippen molar-refractivity contribution in [2.45, 2.75) is 26.9 Å². The zero-order valence-electron chi connectivity index (χ0n) is 16.2. The molecule has 3 aromatic rings. The van der Waals surface area contributed by atoms with E-state index in [2.05, 4.69) is 26.3 Å². The minimum Gasteiger partial charge on any atom is -0.497 e. The normalized spacial score (nSPS) is 10.8. The van der Waals surface area contributed by atoms with Gasteiger partial charge in [0.1, 0.15) is 11.5 Å². The Morgan fingerprint density at radius 3 is 2.54 bits per heavy atom. The van der Waals surface area contributed by atoms with Gasteiger partial charge >= 0.3 is 0 Å². The van der Waals surface area contributed by atoms with Gasteiger partial charge in [-0.05, 0) is 57.2 Å². The van der Waals surface area contributed by atoms with Crippen LogP contribution in [0.5, 0.6) is 11.5 Å². The van der Waals surface area contributed by atoms with Crippen molar-refractivity contribution in [3.63, 3.8) is 0 Å². The van der Waals surface area contributed by atoms with Crippen LogP contribution in [-0.2, 0) is 0 Å². The van der Waals surface area contributed by atoms with Crippen LogP contribution in [-0.4, -0.2) is 28.9 Å². The lowest BCUT2D eigenvalue weighted by Crippen LogP contribution is -2.15. The van der Waals surface area contributed by atoms with E-state index in [9.17, 15) is 4.79 Å². The van der Waals surface area contributed by atoms with Crippen molar-refractivity contribution in [2.24, 2.45) is 0 Å². The maximum Gasteiger partial charge on any atom is 0.259 e. The molecule has 0 atom stereocenters. The molecule has 0 radical (unpaired) electrons. The molecule has 6 nitrogen and oxygen atoms in total. The number of ether oxygens (including phenoxy) is 2. The number of halogens is 1. The first kappa shape index (κ1) is 19.9. The standard InChI is InChI=1S/C21H22BrN3O3/c1-13(2)28-20-10-9-17(27-4)11-19(20)24-21(26)18-12-23-25(14(18)3)16-7-5-15(22)6-8-16/h5-13H,1-4H3,(H,24,26). The SMILES string of the molecule is COc1ccc(OC(C)C)c(NC(=O)c2cnn(-c3ccc(Br)cc3)c2C)c1. The van der Waals surface area contributed by atoms with E-state index in [-0.39, 0.29) is 12.0 Å². The number of carbonyl (C=O) groups is 1. The smallest absolute Gasteiger partial charge is 0.259 e. The Labute approximate surface area is 172 Å². The predicted octanol–water partition coefficient (Wildman–Crippen LogP) is 4.99. The summed E-state index contributed by atoms with van der Waals surface area (Å²) in [5, 5.41) is 7.28. The Balaban J connectivity index is 1.89. The van der Waals surface area contributed by atoms with Crippen LogP contribution in [0.15, 0.2) is 53.1 Å². The molecule has 0 aliphatic heterocycles. The third-order valence-electron chi connectivity index (χ3n) is 4.12. The van der Waals surface area contributed by atoms with Crippen molar-refractivity contribution in [1.82, 2.24) is 9.78 Å². The minimum atomic E-state index is -0.261. The van der Waals surface area contributed by atoms with E-state index >= 15 is 0 Å². The van der Waals surface area contributed by atoms with Gasteiger partial charge in [-0.15, -0.1) is 0 Å². The average molecular weight is 444 g/mol. The van der Waals surface area contributed by atoms with Crippen molar-refractivity contribution < 1.29 is 14.3 Å². The monoisotopic (exact) mass is 443 g/mol. The van der Waals surface area contributed by atoms with Crippen LogP contribution in [0.2, 0.25) is 0 Å². The Morgan fingerprint density at radius 2 is 1.89 bits per heavy atom. The predicted molar refractivity (Wildman–Crippen MR) is 113 cm³/mol. The van der Waals surface area contributed by atoms with Crippen LogP contribution < -0.4 is 14.8 Å². The first-order valence-electron chi connectivity index (χ1n) is 8.85. The van der Waals surface area contributed by atoms with Gasteiger partial charge in [0.2, 0.25) is 0 Å². The summed E-state index contributed by atoms with van der Waals surface area (Å²) in [6.07, 6.45) is 1.54. The molecule has 146 valence electrons. The zero-order chi connectivity index (χ0) is 20.3. The molecule has 0 bridgehead atoms. The van der Waals surface area contributed by atoms with Crippen molar-refractivity contribution >= 4 is 27.5 Å². The van der Waals surface area contributed by atoms with E-state index < -0.39 is 0 Å². The third-order valence-corrected chi connectivity index (χ3v) is 4.65. The summed E-state index contributed by atoms with van der Waals surface area (Å²) in [7, 11) is 1.58. The number of carbonyl (C=O) groups excluding carboxylic acids is 1. The summed E-state index contributed by atoms with van der Waals surface area (Å²) in [4.78, 5) is 12.9. The number of nitrogens with zero attached hydrogens (tertiary/aromatic N) is 2. The van der Waals surface area contributed by atoms with Gasteiger partial charge in [0.15, 0.2) is 0 Å². The second kappa shape index (κ2) is 8.48. The first-order valence-corrected chi connectivity index (χ1v) is 9.65. The highest BCUT2D eigenvalue weighted by Gasteiger charge is 2.18. The van der Waals surface area contributed by atoms with Crippen molar-refractivity contribution in [1.29, 1.82) is 0 Å². The molecule has 0 aliphatic carbocycles. The lowest BCUT2D eigenvalue weighted by molar-refractivity contribution is 0.102. The summed E-state index contributed by atoms with van der Waals surface area (Å²) >= 11 is 3.42. The molecule has 1 heterocycles.